The van der Waals surface area contributed by atoms with Gasteiger partial charge >= 0.3 is 5.97 Å². The Morgan fingerprint density at radius 2 is 1.93 bits per heavy atom. The lowest BCUT2D eigenvalue weighted by Crippen LogP contribution is -2.30. The molecular weight excluding hydrogens is 378 g/mol. The van der Waals surface area contributed by atoms with Crippen LogP contribution in [-0.4, -0.2) is 27.9 Å². The second kappa shape index (κ2) is 7.55. The minimum absolute atomic E-state index is 0.268. The molecule has 0 saturated heterocycles. The fraction of sp³-hybridized carbons (Fsp3) is 0.300. The number of benzene rings is 1. The number of thiophene rings is 1. The van der Waals surface area contributed by atoms with Gasteiger partial charge in [0, 0.05) is 5.69 Å². The average molecular weight is 399 g/mol. The lowest BCUT2D eigenvalue weighted by molar-refractivity contribution is -0.123. The third-order valence-electron chi connectivity index (χ3n) is 4.40. The molecule has 0 saturated carbocycles. The Kier molecular flexibility index (Phi) is 5.33. The standard InChI is InChI=1S/C20H21N3O4S/c1-9-6-7-14(10(2)8-9)23-17(24)12(4)27-20(26)16-11(3)15-18(25)21-13(5)22-19(15)28-16/h6-8,12H,1-5H3,(H,23,24)(H,21,22,25)/t12-/m0/s1. The minimum atomic E-state index is -0.995. The molecule has 3 aromatic rings. The van der Waals surface area contributed by atoms with Gasteiger partial charge in [0.05, 0.1) is 5.39 Å². The van der Waals surface area contributed by atoms with E-state index in [1.54, 1.807) is 13.8 Å². The highest BCUT2D eigenvalue weighted by molar-refractivity contribution is 7.20. The van der Waals surface area contributed by atoms with Crippen molar-refractivity contribution < 1.29 is 14.3 Å². The minimum Gasteiger partial charge on any atom is -0.448 e. The van der Waals surface area contributed by atoms with Gasteiger partial charge in [-0.15, -0.1) is 11.3 Å². The third kappa shape index (κ3) is 3.82. The molecule has 0 radical (unpaired) electrons. The number of fused-ring (bicyclic) bond motifs is 1. The maximum absolute atomic E-state index is 12.6. The van der Waals surface area contributed by atoms with Crippen molar-refractivity contribution in [2.75, 3.05) is 5.32 Å². The van der Waals surface area contributed by atoms with Crippen LogP contribution >= 0.6 is 11.3 Å². The molecule has 2 aromatic heterocycles. The summed E-state index contributed by atoms with van der Waals surface area (Å²) in [7, 11) is 0. The van der Waals surface area contributed by atoms with Gasteiger partial charge in [-0.05, 0) is 51.8 Å². The van der Waals surface area contributed by atoms with Crippen molar-refractivity contribution in [1.29, 1.82) is 0 Å². The van der Waals surface area contributed by atoms with Gasteiger partial charge in [0.25, 0.3) is 11.5 Å². The van der Waals surface area contributed by atoms with Gasteiger partial charge < -0.3 is 15.0 Å². The number of carbonyl (C=O) groups is 2. The number of nitrogens with zero attached hydrogens (tertiary/aromatic N) is 1. The number of esters is 1. The van der Waals surface area contributed by atoms with Gasteiger partial charge in [0.15, 0.2) is 6.10 Å². The predicted molar refractivity (Wildman–Crippen MR) is 109 cm³/mol. The Labute approximate surface area is 165 Å². The highest BCUT2D eigenvalue weighted by atomic mass is 32.1. The molecule has 0 aliphatic carbocycles. The summed E-state index contributed by atoms with van der Waals surface area (Å²) >= 11 is 1.08. The second-order valence-electron chi connectivity index (χ2n) is 6.74. The maximum Gasteiger partial charge on any atom is 0.349 e. The number of rotatable bonds is 4. The number of aromatic nitrogens is 2. The molecule has 0 unspecified atom stereocenters. The van der Waals surface area contributed by atoms with Crippen molar-refractivity contribution in [2.24, 2.45) is 0 Å². The van der Waals surface area contributed by atoms with Crippen LogP contribution in [0.2, 0.25) is 0 Å². The van der Waals surface area contributed by atoms with Gasteiger partial charge in [-0.1, -0.05) is 17.7 Å². The highest BCUT2D eigenvalue weighted by Gasteiger charge is 2.24. The van der Waals surface area contributed by atoms with Crippen molar-refractivity contribution in [1.82, 2.24) is 9.97 Å². The normalized spacial score (nSPS) is 12.0. The van der Waals surface area contributed by atoms with E-state index in [-0.39, 0.29) is 10.4 Å². The summed E-state index contributed by atoms with van der Waals surface area (Å²) in [6, 6.07) is 5.67. The number of hydrogen-bond donors (Lipinski definition) is 2. The van der Waals surface area contributed by atoms with Crippen molar-refractivity contribution in [3.05, 3.63) is 55.9 Å². The van der Waals surface area contributed by atoms with Crippen LogP contribution in [0.1, 0.15) is 39.1 Å². The summed E-state index contributed by atoms with van der Waals surface area (Å²) < 4.78 is 5.33. The van der Waals surface area contributed by atoms with Crippen LogP contribution in [0.5, 0.6) is 0 Å². The molecule has 0 fully saturated rings. The molecule has 1 amide bonds. The Morgan fingerprint density at radius 1 is 1.21 bits per heavy atom. The monoisotopic (exact) mass is 399 g/mol. The van der Waals surface area contributed by atoms with E-state index in [0.717, 1.165) is 22.5 Å². The number of hydrogen-bond acceptors (Lipinski definition) is 6. The second-order valence-corrected chi connectivity index (χ2v) is 7.74. The number of amides is 1. The fourth-order valence-electron chi connectivity index (χ4n) is 2.90. The molecule has 8 heteroatoms. The number of anilines is 1. The van der Waals surface area contributed by atoms with Gasteiger partial charge in [0.1, 0.15) is 15.5 Å². The lowest BCUT2D eigenvalue weighted by Gasteiger charge is -2.14. The van der Waals surface area contributed by atoms with E-state index in [1.165, 1.54) is 6.92 Å². The van der Waals surface area contributed by atoms with Crippen molar-refractivity contribution in [3.63, 3.8) is 0 Å². The molecule has 1 aromatic carbocycles. The van der Waals surface area contributed by atoms with E-state index < -0.39 is 18.0 Å². The highest BCUT2D eigenvalue weighted by Crippen LogP contribution is 2.28. The first kappa shape index (κ1) is 19.8. The van der Waals surface area contributed by atoms with Gasteiger partial charge in [-0.2, -0.15) is 0 Å². The maximum atomic E-state index is 12.6. The van der Waals surface area contributed by atoms with Crippen LogP contribution in [0.3, 0.4) is 0 Å². The van der Waals surface area contributed by atoms with Crippen molar-refractivity contribution >= 4 is 39.1 Å². The van der Waals surface area contributed by atoms with Crippen molar-refractivity contribution in [2.45, 2.75) is 40.7 Å². The first-order chi connectivity index (χ1) is 13.2. The van der Waals surface area contributed by atoms with E-state index in [0.29, 0.717) is 27.3 Å². The molecule has 0 spiro atoms. The molecule has 146 valence electrons. The largest absolute Gasteiger partial charge is 0.448 e. The molecule has 1 atom stereocenters. The van der Waals surface area contributed by atoms with Crippen LogP contribution in [-0.2, 0) is 9.53 Å². The Morgan fingerprint density at radius 3 is 2.61 bits per heavy atom. The number of aromatic amines is 1. The fourth-order valence-corrected chi connectivity index (χ4v) is 4.01. The van der Waals surface area contributed by atoms with Crippen LogP contribution in [0.4, 0.5) is 5.69 Å². The summed E-state index contributed by atoms with van der Waals surface area (Å²) in [5.74, 6) is -0.605. The molecule has 2 heterocycles. The first-order valence-corrected chi connectivity index (χ1v) is 9.58. The quantitative estimate of drug-likeness (QED) is 0.655. The SMILES string of the molecule is Cc1ccc(NC(=O)[C@H](C)OC(=O)c2sc3nc(C)[nH]c(=O)c3c2C)c(C)c1. The first-order valence-electron chi connectivity index (χ1n) is 8.76. The average Bonchev–Trinajstić information content (AvgIpc) is 2.93. The van der Waals surface area contributed by atoms with Gasteiger partial charge in [-0.3, -0.25) is 9.59 Å². The summed E-state index contributed by atoms with van der Waals surface area (Å²) in [6.45, 7) is 8.72. The van der Waals surface area contributed by atoms with Crippen molar-refractivity contribution in [3.8, 4) is 0 Å². The molecule has 28 heavy (non-hydrogen) atoms. The molecule has 7 nitrogen and oxygen atoms in total. The number of ether oxygens (including phenoxy) is 1. The van der Waals surface area contributed by atoms with E-state index in [9.17, 15) is 14.4 Å². The van der Waals surface area contributed by atoms with E-state index in [4.69, 9.17) is 4.74 Å². The Bertz CT molecular complexity index is 1150. The molecule has 0 aliphatic rings. The van der Waals surface area contributed by atoms with Crippen LogP contribution in [0, 0.1) is 27.7 Å². The zero-order valence-electron chi connectivity index (χ0n) is 16.3. The molecule has 0 bridgehead atoms. The zero-order valence-corrected chi connectivity index (χ0v) is 17.1. The zero-order chi connectivity index (χ0) is 20.6. The summed E-state index contributed by atoms with van der Waals surface area (Å²) in [4.78, 5) is 44.8. The Hall–Kier alpha value is -3.00. The predicted octanol–water partition coefficient (Wildman–Crippen LogP) is 3.40. The number of H-pyrrole nitrogens is 1. The number of carbonyl (C=O) groups excluding carboxylic acids is 2. The molecular formula is C20H21N3O4S. The number of aryl methyl sites for hydroxylation is 4. The van der Waals surface area contributed by atoms with Crippen LogP contribution < -0.4 is 10.9 Å². The number of nitrogens with one attached hydrogen (secondary N) is 2. The summed E-state index contributed by atoms with van der Waals surface area (Å²) in [5.41, 5.74) is 2.89. The molecule has 2 N–H and O–H groups in total. The van der Waals surface area contributed by atoms with Gasteiger partial charge in [0.2, 0.25) is 0 Å². The molecule has 0 aliphatic heterocycles. The van der Waals surface area contributed by atoms with E-state index >= 15 is 0 Å². The lowest BCUT2D eigenvalue weighted by atomic mass is 10.1. The Balaban J connectivity index is 1.78. The smallest absolute Gasteiger partial charge is 0.349 e. The molecule has 3 rings (SSSR count). The van der Waals surface area contributed by atoms with Gasteiger partial charge in [-0.25, -0.2) is 9.78 Å². The van der Waals surface area contributed by atoms with Crippen LogP contribution in [0.15, 0.2) is 23.0 Å². The van der Waals surface area contributed by atoms with E-state index in [1.807, 2.05) is 32.0 Å². The van der Waals surface area contributed by atoms with E-state index in [2.05, 4.69) is 15.3 Å². The topological polar surface area (TPSA) is 101 Å². The third-order valence-corrected chi connectivity index (χ3v) is 5.56. The van der Waals surface area contributed by atoms with Crippen LogP contribution in [0.25, 0.3) is 10.2 Å². The summed E-state index contributed by atoms with van der Waals surface area (Å²) in [6.07, 6.45) is -0.995. The summed E-state index contributed by atoms with van der Waals surface area (Å²) in [5, 5.41) is 3.14.